The summed E-state index contributed by atoms with van der Waals surface area (Å²) in [5, 5.41) is 5.12. The molecule has 2 aliphatic rings. The molecule has 2 N–H and O–H groups in total. The fraction of sp³-hybridized carbons (Fsp3) is 0.615. The topological polar surface area (TPSA) is 111 Å². The molecule has 3 unspecified atom stereocenters. The van der Waals surface area contributed by atoms with Gasteiger partial charge in [-0.25, -0.2) is 4.79 Å². The van der Waals surface area contributed by atoms with E-state index in [4.69, 9.17) is 9.47 Å². The van der Waals surface area contributed by atoms with Crippen molar-refractivity contribution in [3.05, 3.63) is 35.9 Å². The van der Waals surface area contributed by atoms with Crippen molar-refractivity contribution in [2.75, 3.05) is 6.61 Å². The lowest BCUT2D eigenvalue weighted by Crippen LogP contribution is -2.62. The summed E-state index contributed by atoms with van der Waals surface area (Å²) in [6.45, 7) is 7.38. The number of esters is 1. The van der Waals surface area contributed by atoms with Crippen LogP contribution >= 0.6 is 11.8 Å². The maximum atomic E-state index is 13.6. The molecule has 1 aromatic rings. The fourth-order valence-corrected chi connectivity index (χ4v) is 5.35. The number of carbonyl (C=O) groups is 4. The SMILES string of the molecule is CCOC(=O)C1(NC(=O)C2(NC(=O)C(SC(C)=O)C(C)C)CCCC2)CC1OCc1ccccc1. The van der Waals surface area contributed by atoms with E-state index in [2.05, 4.69) is 10.6 Å². The van der Waals surface area contributed by atoms with E-state index in [9.17, 15) is 19.2 Å². The van der Waals surface area contributed by atoms with Gasteiger partial charge < -0.3 is 20.1 Å². The maximum absolute atomic E-state index is 13.6. The van der Waals surface area contributed by atoms with Gasteiger partial charge in [-0.15, -0.1) is 0 Å². The first kappa shape index (κ1) is 27.2. The van der Waals surface area contributed by atoms with E-state index in [0.717, 1.165) is 30.2 Å². The summed E-state index contributed by atoms with van der Waals surface area (Å²) in [6.07, 6.45) is 2.28. The number of carbonyl (C=O) groups excluding carboxylic acids is 4. The molecule has 9 heteroatoms. The van der Waals surface area contributed by atoms with Crippen LogP contribution in [0.1, 0.15) is 65.4 Å². The predicted molar refractivity (Wildman–Crippen MR) is 133 cm³/mol. The van der Waals surface area contributed by atoms with Crippen molar-refractivity contribution in [3.8, 4) is 0 Å². The molecule has 0 bridgehead atoms. The first-order chi connectivity index (χ1) is 16.6. The Hall–Kier alpha value is -2.39. The Bertz CT molecular complexity index is 931. The molecule has 192 valence electrons. The number of ether oxygens (including phenoxy) is 2. The summed E-state index contributed by atoms with van der Waals surface area (Å²) in [4.78, 5) is 51.4. The summed E-state index contributed by atoms with van der Waals surface area (Å²) >= 11 is 0.975. The number of hydrogen-bond donors (Lipinski definition) is 2. The van der Waals surface area contributed by atoms with Crippen LogP contribution in [0.5, 0.6) is 0 Å². The van der Waals surface area contributed by atoms with Crippen LogP contribution in [0.3, 0.4) is 0 Å². The Labute approximate surface area is 211 Å². The molecule has 3 rings (SSSR count). The normalized spacial score (nSPS) is 23.4. The van der Waals surface area contributed by atoms with E-state index in [1.54, 1.807) is 6.92 Å². The van der Waals surface area contributed by atoms with Crippen LogP contribution in [0, 0.1) is 5.92 Å². The molecule has 0 saturated heterocycles. The lowest BCUT2D eigenvalue weighted by atomic mass is 9.94. The number of benzene rings is 1. The average Bonchev–Trinajstić information content (AvgIpc) is 3.31. The molecule has 0 aliphatic heterocycles. The minimum absolute atomic E-state index is 0.0875. The smallest absolute Gasteiger partial charge is 0.334 e. The van der Waals surface area contributed by atoms with Gasteiger partial charge in [0.15, 0.2) is 10.7 Å². The van der Waals surface area contributed by atoms with Gasteiger partial charge in [0, 0.05) is 13.3 Å². The minimum atomic E-state index is -1.27. The lowest BCUT2D eigenvalue weighted by molar-refractivity contribution is -0.151. The molecule has 3 atom stereocenters. The van der Waals surface area contributed by atoms with Gasteiger partial charge in [-0.2, -0.15) is 0 Å². The summed E-state index contributed by atoms with van der Waals surface area (Å²) in [5.41, 5.74) is -1.44. The van der Waals surface area contributed by atoms with Crippen molar-refractivity contribution in [1.29, 1.82) is 0 Å². The van der Waals surface area contributed by atoms with Gasteiger partial charge in [-0.3, -0.25) is 14.4 Å². The van der Waals surface area contributed by atoms with E-state index in [1.165, 1.54) is 6.92 Å². The third-order valence-corrected chi connectivity index (χ3v) is 7.92. The number of rotatable bonds is 11. The summed E-state index contributed by atoms with van der Waals surface area (Å²) in [5.74, 6) is -1.36. The second-order valence-electron chi connectivity index (χ2n) is 9.69. The van der Waals surface area contributed by atoms with Crippen molar-refractivity contribution in [3.63, 3.8) is 0 Å². The molecular weight excluding hydrogens is 468 g/mol. The fourth-order valence-electron chi connectivity index (χ4n) is 4.55. The molecule has 8 nitrogen and oxygen atoms in total. The van der Waals surface area contributed by atoms with Crippen LogP contribution in [0.25, 0.3) is 0 Å². The average molecular weight is 505 g/mol. The van der Waals surface area contributed by atoms with Crippen molar-refractivity contribution in [1.82, 2.24) is 10.6 Å². The molecule has 2 aliphatic carbocycles. The number of hydrogen-bond acceptors (Lipinski definition) is 7. The minimum Gasteiger partial charge on any atom is -0.464 e. The van der Waals surface area contributed by atoms with E-state index in [1.807, 2.05) is 44.2 Å². The van der Waals surface area contributed by atoms with Gasteiger partial charge in [0.05, 0.1) is 24.6 Å². The Kier molecular flexibility index (Phi) is 8.99. The Morgan fingerprint density at radius 1 is 1.09 bits per heavy atom. The largest absolute Gasteiger partial charge is 0.464 e. The molecule has 1 aromatic carbocycles. The van der Waals surface area contributed by atoms with Crippen molar-refractivity contribution < 1.29 is 28.7 Å². The molecule has 35 heavy (non-hydrogen) atoms. The van der Waals surface area contributed by atoms with Crippen LogP contribution in [0.4, 0.5) is 0 Å². The van der Waals surface area contributed by atoms with Crippen molar-refractivity contribution in [2.45, 2.75) is 88.8 Å². The molecule has 0 spiro atoms. The zero-order chi connectivity index (χ0) is 25.6. The zero-order valence-corrected chi connectivity index (χ0v) is 21.7. The lowest BCUT2D eigenvalue weighted by Gasteiger charge is -2.33. The van der Waals surface area contributed by atoms with E-state index in [-0.39, 0.29) is 23.5 Å². The number of amides is 2. The highest BCUT2D eigenvalue weighted by Gasteiger charge is 2.65. The zero-order valence-electron chi connectivity index (χ0n) is 20.9. The van der Waals surface area contributed by atoms with Crippen molar-refractivity contribution in [2.24, 2.45) is 5.92 Å². The highest BCUT2D eigenvalue weighted by Crippen LogP contribution is 2.42. The molecular formula is C26H36N2O6S. The Morgan fingerprint density at radius 3 is 2.31 bits per heavy atom. The van der Waals surface area contributed by atoms with Crippen LogP contribution in [0.2, 0.25) is 0 Å². The Morgan fingerprint density at radius 2 is 1.74 bits per heavy atom. The second-order valence-corrected chi connectivity index (χ2v) is 11.0. The molecule has 2 amide bonds. The quantitative estimate of drug-likeness (QED) is 0.446. The number of thioether (sulfide) groups is 1. The molecule has 0 aromatic heterocycles. The van der Waals surface area contributed by atoms with Gasteiger partial charge in [0.2, 0.25) is 11.8 Å². The van der Waals surface area contributed by atoms with Crippen LogP contribution < -0.4 is 10.6 Å². The molecule has 0 radical (unpaired) electrons. The van der Waals surface area contributed by atoms with Gasteiger partial charge in [-0.05, 0) is 31.2 Å². The van der Waals surface area contributed by atoms with E-state index >= 15 is 0 Å². The first-order valence-electron chi connectivity index (χ1n) is 12.3. The number of nitrogens with one attached hydrogen (secondary N) is 2. The van der Waals surface area contributed by atoms with Crippen molar-refractivity contribution >= 4 is 34.7 Å². The standard InChI is InChI=1S/C26H36N2O6S/c1-5-33-24(32)26(15-20(26)34-16-19-11-7-6-8-12-19)28-23(31)25(13-9-10-14-25)27-22(30)21(17(2)3)35-18(4)29/h6-8,11-12,17,20-21H,5,9-10,13-16H2,1-4H3,(H,27,30)(H,28,31). The molecule has 0 heterocycles. The van der Waals surface area contributed by atoms with Gasteiger partial charge in [-0.1, -0.05) is 68.8 Å². The predicted octanol–water partition coefficient (Wildman–Crippen LogP) is 3.13. The van der Waals surface area contributed by atoms with Crippen LogP contribution in [-0.2, 0) is 35.3 Å². The highest BCUT2D eigenvalue weighted by molar-refractivity contribution is 8.14. The monoisotopic (exact) mass is 504 g/mol. The van der Waals surface area contributed by atoms with Gasteiger partial charge in [0.25, 0.3) is 0 Å². The third-order valence-electron chi connectivity index (χ3n) is 6.58. The third kappa shape index (κ3) is 6.44. The molecule has 2 fully saturated rings. The van der Waals surface area contributed by atoms with Crippen LogP contribution in [0.15, 0.2) is 30.3 Å². The van der Waals surface area contributed by atoms with E-state index in [0.29, 0.717) is 25.9 Å². The summed E-state index contributed by atoms with van der Waals surface area (Å²) in [7, 11) is 0. The van der Waals surface area contributed by atoms with Crippen LogP contribution in [-0.4, -0.2) is 51.9 Å². The maximum Gasteiger partial charge on any atom is 0.334 e. The van der Waals surface area contributed by atoms with E-state index < -0.39 is 34.3 Å². The summed E-state index contributed by atoms with van der Waals surface area (Å²) < 4.78 is 11.3. The van der Waals surface area contributed by atoms with Gasteiger partial charge in [0.1, 0.15) is 5.54 Å². The first-order valence-corrected chi connectivity index (χ1v) is 13.2. The second kappa shape index (κ2) is 11.6. The summed E-state index contributed by atoms with van der Waals surface area (Å²) in [6, 6.07) is 9.60. The molecule has 2 saturated carbocycles. The van der Waals surface area contributed by atoms with Gasteiger partial charge >= 0.3 is 5.97 Å². The Balaban J connectivity index is 1.74. The highest BCUT2D eigenvalue weighted by atomic mass is 32.2.